The molecule has 0 amide bonds. The minimum absolute atomic E-state index is 0.307. The molecule has 3 aromatic carbocycles. The van der Waals surface area contributed by atoms with E-state index in [4.69, 9.17) is 34.8 Å². The largest absolute Gasteiger partial charge is 0.379 e. The molecule has 0 aliphatic heterocycles. The third-order valence-corrected chi connectivity index (χ3v) is 5.17. The highest BCUT2D eigenvalue weighted by molar-refractivity contribution is 6.31. The van der Waals surface area contributed by atoms with E-state index in [0.717, 1.165) is 16.7 Å². The Labute approximate surface area is 168 Å². The van der Waals surface area contributed by atoms with E-state index in [2.05, 4.69) is 5.32 Å². The smallest absolute Gasteiger partial charge is 0.127 e. The van der Waals surface area contributed by atoms with Gasteiger partial charge in [-0.05, 0) is 47.0 Å². The maximum Gasteiger partial charge on any atom is 0.127 e. The minimum atomic E-state index is -1.23. The fourth-order valence-electron chi connectivity index (χ4n) is 2.84. The molecule has 0 heterocycles. The van der Waals surface area contributed by atoms with Crippen LogP contribution < -0.4 is 5.32 Å². The van der Waals surface area contributed by atoms with Crippen molar-refractivity contribution in [1.29, 1.82) is 0 Å². The summed E-state index contributed by atoms with van der Waals surface area (Å²) in [6.45, 7) is 0.852. The van der Waals surface area contributed by atoms with Gasteiger partial charge in [-0.1, -0.05) is 77.3 Å². The van der Waals surface area contributed by atoms with Crippen molar-refractivity contribution in [2.24, 2.45) is 0 Å². The Kier molecular flexibility index (Phi) is 6.23. The summed E-state index contributed by atoms with van der Waals surface area (Å²) < 4.78 is 0. The number of hydrogen-bond donors (Lipinski definition) is 2. The number of nitrogens with one attached hydrogen (secondary N) is 1. The molecule has 2 nitrogen and oxygen atoms in total. The summed E-state index contributed by atoms with van der Waals surface area (Å²) in [6, 6.07) is 22.0. The average Bonchev–Trinajstić information content (AvgIpc) is 2.64. The Hall–Kier alpha value is -1.55. The molecule has 0 atom stereocenters. The maximum absolute atomic E-state index is 11.5. The normalized spacial score (nSPS) is 11.5. The molecule has 0 fully saturated rings. The number of rotatable bonds is 6. The van der Waals surface area contributed by atoms with Crippen LogP contribution in [0.5, 0.6) is 0 Å². The Morgan fingerprint density at radius 3 is 1.73 bits per heavy atom. The lowest BCUT2D eigenvalue weighted by Gasteiger charge is -2.30. The van der Waals surface area contributed by atoms with Crippen LogP contribution in [-0.2, 0) is 12.1 Å². The molecule has 0 aliphatic carbocycles. The van der Waals surface area contributed by atoms with Gasteiger partial charge in [-0.3, -0.25) is 0 Å². The summed E-state index contributed by atoms with van der Waals surface area (Å²) in [5, 5.41) is 16.7. The second kappa shape index (κ2) is 8.43. The molecular formula is C21H18Cl3NO. The van der Waals surface area contributed by atoms with E-state index in [0.29, 0.717) is 28.2 Å². The van der Waals surface area contributed by atoms with Gasteiger partial charge < -0.3 is 10.4 Å². The first-order valence-electron chi connectivity index (χ1n) is 8.17. The second-order valence-corrected chi connectivity index (χ2v) is 7.35. The van der Waals surface area contributed by atoms with E-state index in [9.17, 15) is 5.11 Å². The van der Waals surface area contributed by atoms with Gasteiger partial charge in [0, 0.05) is 28.2 Å². The number of aliphatic hydroxyl groups is 1. The molecule has 0 aromatic heterocycles. The summed E-state index contributed by atoms with van der Waals surface area (Å²) in [5.74, 6) is 0. The molecule has 134 valence electrons. The van der Waals surface area contributed by atoms with Gasteiger partial charge in [-0.15, -0.1) is 0 Å². The third kappa shape index (κ3) is 4.40. The van der Waals surface area contributed by atoms with Crippen LogP contribution in [-0.4, -0.2) is 11.7 Å². The molecule has 0 radical (unpaired) electrons. The van der Waals surface area contributed by atoms with E-state index >= 15 is 0 Å². The fourth-order valence-corrected chi connectivity index (χ4v) is 3.30. The molecule has 0 bridgehead atoms. The lowest BCUT2D eigenvalue weighted by Crippen LogP contribution is -2.39. The molecule has 0 aliphatic rings. The number of benzene rings is 3. The summed E-state index contributed by atoms with van der Waals surface area (Å²) in [4.78, 5) is 0. The van der Waals surface area contributed by atoms with Gasteiger partial charge in [0.25, 0.3) is 0 Å². The molecule has 0 unspecified atom stereocenters. The van der Waals surface area contributed by atoms with Gasteiger partial charge in [0.05, 0.1) is 0 Å². The topological polar surface area (TPSA) is 32.3 Å². The molecular weight excluding hydrogens is 389 g/mol. The first kappa shape index (κ1) is 19.2. The second-order valence-electron chi connectivity index (χ2n) is 6.07. The van der Waals surface area contributed by atoms with E-state index in [1.54, 1.807) is 24.3 Å². The van der Waals surface area contributed by atoms with Crippen LogP contribution in [0, 0.1) is 0 Å². The van der Waals surface area contributed by atoms with Gasteiger partial charge in [-0.2, -0.15) is 0 Å². The van der Waals surface area contributed by atoms with Crippen LogP contribution in [0.25, 0.3) is 0 Å². The summed E-state index contributed by atoms with van der Waals surface area (Å²) >= 11 is 18.2. The monoisotopic (exact) mass is 405 g/mol. The average molecular weight is 407 g/mol. The van der Waals surface area contributed by atoms with Gasteiger partial charge >= 0.3 is 0 Å². The highest BCUT2D eigenvalue weighted by atomic mass is 35.5. The first-order valence-corrected chi connectivity index (χ1v) is 9.31. The molecule has 0 spiro atoms. The molecule has 3 rings (SSSR count). The lowest BCUT2D eigenvalue weighted by molar-refractivity contribution is 0.0796. The van der Waals surface area contributed by atoms with Crippen molar-refractivity contribution in [1.82, 2.24) is 5.32 Å². The third-order valence-electron chi connectivity index (χ3n) is 4.30. The fraction of sp³-hybridized carbons (Fsp3) is 0.143. The van der Waals surface area contributed by atoms with Crippen molar-refractivity contribution in [2.45, 2.75) is 12.1 Å². The predicted molar refractivity (Wildman–Crippen MR) is 109 cm³/mol. The predicted octanol–water partition coefficient (Wildman–Crippen LogP) is 5.67. The zero-order valence-electron chi connectivity index (χ0n) is 13.9. The van der Waals surface area contributed by atoms with E-state index in [1.165, 1.54) is 0 Å². The SMILES string of the molecule is OC(CNCc1ccccc1Cl)(c1ccc(Cl)cc1)c1ccc(Cl)cc1. The van der Waals surface area contributed by atoms with Gasteiger partial charge in [0.15, 0.2) is 0 Å². The molecule has 5 heteroatoms. The van der Waals surface area contributed by atoms with Crippen molar-refractivity contribution in [3.63, 3.8) is 0 Å². The molecule has 0 saturated carbocycles. The first-order chi connectivity index (χ1) is 12.5. The van der Waals surface area contributed by atoms with Crippen LogP contribution >= 0.6 is 34.8 Å². The Balaban J connectivity index is 1.86. The van der Waals surface area contributed by atoms with E-state index in [1.807, 2.05) is 48.5 Å². The quantitative estimate of drug-likeness (QED) is 0.552. The van der Waals surface area contributed by atoms with Crippen molar-refractivity contribution < 1.29 is 5.11 Å². The van der Waals surface area contributed by atoms with Crippen LogP contribution in [0.4, 0.5) is 0 Å². The molecule has 2 N–H and O–H groups in total. The highest BCUT2D eigenvalue weighted by Crippen LogP contribution is 2.31. The zero-order chi connectivity index (χ0) is 18.6. The zero-order valence-corrected chi connectivity index (χ0v) is 16.2. The van der Waals surface area contributed by atoms with E-state index < -0.39 is 5.60 Å². The lowest BCUT2D eigenvalue weighted by atomic mass is 9.86. The summed E-state index contributed by atoms with van der Waals surface area (Å²) in [5.41, 5.74) is 1.24. The van der Waals surface area contributed by atoms with Gasteiger partial charge in [-0.25, -0.2) is 0 Å². The molecule has 26 heavy (non-hydrogen) atoms. The Morgan fingerprint density at radius 2 is 1.23 bits per heavy atom. The number of hydrogen-bond acceptors (Lipinski definition) is 2. The molecule has 0 saturated heterocycles. The van der Waals surface area contributed by atoms with Crippen LogP contribution in [0.15, 0.2) is 72.8 Å². The van der Waals surface area contributed by atoms with Crippen molar-refractivity contribution in [3.8, 4) is 0 Å². The van der Waals surface area contributed by atoms with Gasteiger partial charge in [0.2, 0.25) is 0 Å². The maximum atomic E-state index is 11.5. The van der Waals surface area contributed by atoms with Crippen LogP contribution in [0.3, 0.4) is 0 Å². The van der Waals surface area contributed by atoms with E-state index in [-0.39, 0.29) is 0 Å². The minimum Gasteiger partial charge on any atom is -0.379 e. The van der Waals surface area contributed by atoms with Gasteiger partial charge in [0.1, 0.15) is 5.60 Å². The highest BCUT2D eigenvalue weighted by Gasteiger charge is 2.31. The van der Waals surface area contributed by atoms with Crippen molar-refractivity contribution in [2.75, 3.05) is 6.54 Å². The summed E-state index contributed by atoms with van der Waals surface area (Å²) in [7, 11) is 0. The van der Waals surface area contributed by atoms with Crippen LogP contribution in [0.2, 0.25) is 15.1 Å². The van der Waals surface area contributed by atoms with Crippen molar-refractivity contribution in [3.05, 3.63) is 105 Å². The number of halogens is 3. The summed E-state index contributed by atoms with van der Waals surface area (Å²) in [6.07, 6.45) is 0. The standard InChI is InChI=1S/C21H18Cl3NO/c22-18-9-5-16(6-10-18)21(26,17-7-11-19(23)12-8-17)14-25-13-15-3-1-2-4-20(15)24/h1-12,25-26H,13-14H2. The van der Waals surface area contributed by atoms with Crippen molar-refractivity contribution >= 4 is 34.8 Å². The Morgan fingerprint density at radius 1 is 0.731 bits per heavy atom. The van der Waals surface area contributed by atoms with Crippen LogP contribution in [0.1, 0.15) is 16.7 Å². The molecule has 3 aromatic rings. The Bertz CT molecular complexity index is 818.